The number of hydrogen-bond acceptors (Lipinski definition) is 3. The summed E-state index contributed by atoms with van der Waals surface area (Å²) in [6.07, 6.45) is 0. The summed E-state index contributed by atoms with van der Waals surface area (Å²) in [7, 11) is 0. The molecule has 0 spiro atoms. The van der Waals surface area contributed by atoms with Crippen LogP contribution in [-0.4, -0.2) is 40.9 Å². The van der Waals surface area contributed by atoms with Crippen molar-refractivity contribution in [3.05, 3.63) is 0 Å². The normalized spacial score (nSPS) is 22.0. The molecule has 1 saturated heterocycles. The standard InChI is InChI=1S/C10H19IN2O/c1-10(2,3)8(14)9(11)13-6-4-12-5-7-13/h9,12H,4-7H2,1-3H3. The van der Waals surface area contributed by atoms with Crippen molar-refractivity contribution in [1.29, 1.82) is 0 Å². The SMILES string of the molecule is CC(C)(C)C(=O)C(I)N1CCNCC1. The number of ketones is 1. The molecular weight excluding hydrogens is 291 g/mol. The number of nitrogens with zero attached hydrogens (tertiary/aromatic N) is 1. The number of carbonyl (C=O) groups is 1. The van der Waals surface area contributed by atoms with Crippen molar-refractivity contribution >= 4 is 28.4 Å². The summed E-state index contributed by atoms with van der Waals surface area (Å²) in [5.41, 5.74) is -0.225. The summed E-state index contributed by atoms with van der Waals surface area (Å²) in [5.74, 6) is 0.333. The molecule has 82 valence electrons. The third-order valence-corrected chi connectivity index (χ3v) is 3.78. The van der Waals surface area contributed by atoms with E-state index in [1.807, 2.05) is 20.8 Å². The average molecular weight is 310 g/mol. The number of carbonyl (C=O) groups excluding carboxylic acids is 1. The van der Waals surface area contributed by atoms with Crippen LogP contribution in [0.3, 0.4) is 0 Å². The van der Waals surface area contributed by atoms with Gasteiger partial charge in [-0.2, -0.15) is 0 Å². The van der Waals surface area contributed by atoms with E-state index in [1.54, 1.807) is 0 Å². The van der Waals surface area contributed by atoms with Crippen LogP contribution in [0.4, 0.5) is 0 Å². The molecule has 1 unspecified atom stereocenters. The maximum Gasteiger partial charge on any atom is 0.165 e. The highest BCUT2D eigenvalue weighted by Gasteiger charge is 2.32. The molecule has 1 N–H and O–H groups in total. The molecule has 0 amide bonds. The second-order valence-corrected chi connectivity index (χ2v) is 5.92. The van der Waals surface area contributed by atoms with Gasteiger partial charge >= 0.3 is 0 Å². The van der Waals surface area contributed by atoms with Crippen molar-refractivity contribution in [3.63, 3.8) is 0 Å². The van der Waals surface area contributed by atoms with Gasteiger partial charge in [-0.25, -0.2) is 0 Å². The van der Waals surface area contributed by atoms with E-state index < -0.39 is 0 Å². The zero-order valence-corrected chi connectivity index (χ0v) is 11.3. The number of rotatable bonds is 2. The van der Waals surface area contributed by atoms with Crippen LogP contribution in [-0.2, 0) is 4.79 Å². The molecule has 0 bridgehead atoms. The monoisotopic (exact) mass is 310 g/mol. The Morgan fingerprint density at radius 1 is 1.36 bits per heavy atom. The number of Topliss-reactive ketones (excluding diaryl/α,β-unsaturated/α-hetero) is 1. The molecular formula is C10H19IN2O. The highest BCUT2D eigenvalue weighted by Crippen LogP contribution is 2.23. The van der Waals surface area contributed by atoms with Crippen LogP contribution in [0.5, 0.6) is 0 Å². The summed E-state index contributed by atoms with van der Waals surface area (Å²) in [5, 5.41) is 3.29. The molecule has 0 aromatic heterocycles. The molecule has 1 heterocycles. The predicted octanol–water partition coefficient (Wildman–Crippen LogP) is 1.27. The maximum absolute atomic E-state index is 12.0. The van der Waals surface area contributed by atoms with Crippen LogP contribution >= 0.6 is 22.6 Å². The number of hydrogen-bond donors (Lipinski definition) is 1. The molecule has 1 fully saturated rings. The van der Waals surface area contributed by atoms with Crippen LogP contribution in [0.15, 0.2) is 0 Å². The fraction of sp³-hybridized carbons (Fsp3) is 0.900. The highest BCUT2D eigenvalue weighted by atomic mass is 127. The zero-order valence-electron chi connectivity index (χ0n) is 9.14. The summed E-state index contributed by atoms with van der Waals surface area (Å²) in [6, 6.07) is 0. The van der Waals surface area contributed by atoms with E-state index in [1.165, 1.54) is 0 Å². The smallest absolute Gasteiger partial charge is 0.165 e. The Morgan fingerprint density at radius 2 is 1.86 bits per heavy atom. The molecule has 1 atom stereocenters. The molecule has 0 aromatic rings. The Morgan fingerprint density at radius 3 is 2.29 bits per heavy atom. The summed E-state index contributed by atoms with van der Waals surface area (Å²) in [6.45, 7) is 9.92. The van der Waals surface area contributed by atoms with E-state index >= 15 is 0 Å². The number of piperazine rings is 1. The van der Waals surface area contributed by atoms with Gasteiger partial charge in [0.15, 0.2) is 5.78 Å². The molecule has 0 saturated carbocycles. The molecule has 1 aliphatic heterocycles. The third-order valence-electron chi connectivity index (χ3n) is 2.43. The van der Waals surface area contributed by atoms with Crippen LogP contribution in [0.2, 0.25) is 0 Å². The molecule has 4 heteroatoms. The van der Waals surface area contributed by atoms with E-state index in [4.69, 9.17) is 0 Å². The summed E-state index contributed by atoms with van der Waals surface area (Å²) in [4.78, 5) is 14.2. The molecule has 14 heavy (non-hydrogen) atoms. The molecule has 3 nitrogen and oxygen atoms in total. The van der Waals surface area contributed by atoms with Gasteiger partial charge in [0.25, 0.3) is 0 Å². The molecule has 0 aromatic carbocycles. The fourth-order valence-electron chi connectivity index (χ4n) is 1.43. The van der Waals surface area contributed by atoms with Gasteiger partial charge in [-0.15, -0.1) is 0 Å². The molecule has 0 radical (unpaired) electrons. The number of alkyl halides is 1. The van der Waals surface area contributed by atoms with Crippen LogP contribution in [0, 0.1) is 5.41 Å². The number of nitrogens with one attached hydrogen (secondary N) is 1. The van der Waals surface area contributed by atoms with Gasteiger partial charge in [0.1, 0.15) is 4.05 Å². The maximum atomic E-state index is 12.0. The van der Waals surface area contributed by atoms with Crippen molar-refractivity contribution < 1.29 is 4.79 Å². The lowest BCUT2D eigenvalue weighted by Crippen LogP contribution is -2.50. The van der Waals surface area contributed by atoms with Gasteiger partial charge < -0.3 is 5.32 Å². The lowest BCUT2D eigenvalue weighted by molar-refractivity contribution is -0.128. The van der Waals surface area contributed by atoms with E-state index in [9.17, 15) is 4.79 Å². The second kappa shape index (κ2) is 4.90. The molecule has 0 aliphatic carbocycles. The second-order valence-electron chi connectivity index (χ2n) is 4.74. The first kappa shape index (κ1) is 12.4. The first-order chi connectivity index (χ1) is 6.43. The van der Waals surface area contributed by atoms with E-state index in [0.717, 1.165) is 26.2 Å². The van der Waals surface area contributed by atoms with E-state index in [2.05, 4.69) is 32.8 Å². The van der Waals surface area contributed by atoms with Gasteiger partial charge in [-0.1, -0.05) is 43.4 Å². The van der Waals surface area contributed by atoms with Crippen molar-refractivity contribution in [1.82, 2.24) is 10.2 Å². The van der Waals surface area contributed by atoms with Crippen molar-refractivity contribution in [2.24, 2.45) is 5.41 Å². The minimum atomic E-state index is -0.225. The van der Waals surface area contributed by atoms with Crippen LogP contribution in [0.25, 0.3) is 0 Å². The minimum Gasteiger partial charge on any atom is -0.314 e. The third kappa shape index (κ3) is 3.17. The zero-order chi connectivity index (χ0) is 10.8. The highest BCUT2D eigenvalue weighted by molar-refractivity contribution is 14.1. The molecule has 1 aliphatic rings. The first-order valence-electron chi connectivity index (χ1n) is 5.06. The average Bonchev–Trinajstić information content (AvgIpc) is 2.15. The van der Waals surface area contributed by atoms with Crippen molar-refractivity contribution in [2.45, 2.75) is 24.8 Å². The van der Waals surface area contributed by atoms with Gasteiger partial charge in [-0.3, -0.25) is 9.69 Å². The van der Waals surface area contributed by atoms with Gasteiger partial charge in [0, 0.05) is 31.6 Å². The summed E-state index contributed by atoms with van der Waals surface area (Å²) >= 11 is 2.26. The van der Waals surface area contributed by atoms with Gasteiger partial charge in [0.05, 0.1) is 0 Å². The number of halogens is 1. The first-order valence-corrected chi connectivity index (χ1v) is 6.30. The van der Waals surface area contributed by atoms with Crippen molar-refractivity contribution in [3.8, 4) is 0 Å². The summed E-state index contributed by atoms with van der Waals surface area (Å²) < 4.78 is 0.0368. The molecule has 1 rings (SSSR count). The topological polar surface area (TPSA) is 32.3 Å². The Balaban J connectivity index is 2.55. The lowest BCUT2D eigenvalue weighted by atomic mass is 9.90. The predicted molar refractivity (Wildman–Crippen MR) is 66.7 cm³/mol. The largest absolute Gasteiger partial charge is 0.314 e. The Bertz CT molecular complexity index is 207. The van der Waals surface area contributed by atoms with E-state index in [0.29, 0.717) is 5.78 Å². The van der Waals surface area contributed by atoms with Gasteiger partial charge in [0.2, 0.25) is 0 Å². The lowest BCUT2D eigenvalue weighted by Gasteiger charge is -2.33. The van der Waals surface area contributed by atoms with Crippen LogP contribution in [0.1, 0.15) is 20.8 Å². The van der Waals surface area contributed by atoms with Gasteiger partial charge in [-0.05, 0) is 0 Å². The van der Waals surface area contributed by atoms with Crippen molar-refractivity contribution in [2.75, 3.05) is 26.2 Å². The van der Waals surface area contributed by atoms with Crippen LogP contribution < -0.4 is 5.32 Å². The Labute approximate surface area is 99.8 Å². The Hall–Kier alpha value is 0.320. The van der Waals surface area contributed by atoms with E-state index in [-0.39, 0.29) is 9.46 Å². The fourth-order valence-corrected chi connectivity index (χ4v) is 2.92. The minimum absolute atomic E-state index is 0.0368. The quantitative estimate of drug-likeness (QED) is 0.474. The Kier molecular flexibility index (Phi) is 4.33.